The number of ether oxygens (including phenoxy) is 2. The van der Waals surface area contributed by atoms with E-state index in [2.05, 4.69) is 15.0 Å². The van der Waals surface area contributed by atoms with E-state index in [1.54, 1.807) is 11.9 Å². The van der Waals surface area contributed by atoms with Crippen LogP contribution in [0.2, 0.25) is 5.28 Å². The van der Waals surface area contributed by atoms with E-state index in [9.17, 15) is 4.79 Å². The lowest BCUT2D eigenvalue weighted by Gasteiger charge is -2.26. The SMILES string of the molecule is COc1nc(Cl)nc(N(C)C2COCC2C(=O)O)n1. The summed E-state index contributed by atoms with van der Waals surface area (Å²) >= 11 is 5.76. The number of hydrogen-bond acceptors (Lipinski definition) is 7. The van der Waals surface area contributed by atoms with Crippen molar-refractivity contribution in [2.24, 2.45) is 5.92 Å². The predicted molar refractivity (Wildman–Crippen MR) is 65.5 cm³/mol. The van der Waals surface area contributed by atoms with E-state index >= 15 is 0 Å². The second-order valence-corrected chi connectivity index (χ2v) is 4.39. The van der Waals surface area contributed by atoms with Crippen LogP contribution in [0.25, 0.3) is 0 Å². The lowest BCUT2D eigenvalue weighted by Crippen LogP contribution is -2.41. The number of methoxy groups -OCH3 is 1. The van der Waals surface area contributed by atoms with E-state index in [0.29, 0.717) is 6.61 Å². The quantitative estimate of drug-likeness (QED) is 0.831. The maximum atomic E-state index is 11.1. The topological polar surface area (TPSA) is 97.7 Å². The molecule has 0 saturated carbocycles. The van der Waals surface area contributed by atoms with Gasteiger partial charge < -0.3 is 19.5 Å². The summed E-state index contributed by atoms with van der Waals surface area (Å²) in [6.45, 7) is 0.458. The van der Waals surface area contributed by atoms with Gasteiger partial charge in [0.25, 0.3) is 0 Å². The normalized spacial score (nSPS) is 22.3. The summed E-state index contributed by atoms with van der Waals surface area (Å²) in [5, 5.41) is 9.11. The molecule has 0 spiro atoms. The van der Waals surface area contributed by atoms with Gasteiger partial charge in [-0.15, -0.1) is 0 Å². The molecule has 104 valence electrons. The Morgan fingerprint density at radius 2 is 2.21 bits per heavy atom. The fraction of sp³-hybridized carbons (Fsp3) is 0.600. The van der Waals surface area contributed by atoms with Crippen molar-refractivity contribution < 1.29 is 19.4 Å². The summed E-state index contributed by atoms with van der Waals surface area (Å²) in [5.41, 5.74) is 0. The smallest absolute Gasteiger partial charge is 0.322 e. The highest BCUT2D eigenvalue weighted by Crippen LogP contribution is 2.23. The van der Waals surface area contributed by atoms with Crippen LogP contribution < -0.4 is 9.64 Å². The number of anilines is 1. The average Bonchev–Trinajstić information content (AvgIpc) is 2.86. The molecular formula is C10H13ClN4O4. The molecule has 1 aromatic rings. The third-order valence-electron chi connectivity index (χ3n) is 2.94. The summed E-state index contributed by atoms with van der Waals surface area (Å²) < 4.78 is 10.1. The fourth-order valence-electron chi connectivity index (χ4n) is 1.88. The van der Waals surface area contributed by atoms with Crippen molar-refractivity contribution in [1.82, 2.24) is 15.0 Å². The van der Waals surface area contributed by atoms with Gasteiger partial charge in [-0.2, -0.15) is 15.0 Å². The molecule has 0 radical (unpaired) electrons. The molecule has 0 aliphatic carbocycles. The van der Waals surface area contributed by atoms with E-state index in [4.69, 9.17) is 26.2 Å². The van der Waals surface area contributed by atoms with Crippen molar-refractivity contribution in [3.8, 4) is 6.01 Å². The molecule has 1 saturated heterocycles. The first-order valence-electron chi connectivity index (χ1n) is 5.52. The number of likely N-dealkylation sites (N-methyl/N-ethyl adjacent to an activating group) is 1. The Hall–Kier alpha value is -1.67. The van der Waals surface area contributed by atoms with Crippen molar-refractivity contribution in [2.75, 3.05) is 32.3 Å². The molecule has 1 N–H and O–H groups in total. The zero-order chi connectivity index (χ0) is 14.0. The number of aromatic nitrogens is 3. The van der Waals surface area contributed by atoms with Crippen LogP contribution in [0.1, 0.15) is 0 Å². The maximum Gasteiger partial charge on any atom is 0.322 e. The minimum Gasteiger partial charge on any atom is -0.481 e. The highest BCUT2D eigenvalue weighted by Gasteiger charge is 2.37. The number of aliphatic carboxylic acids is 1. The Morgan fingerprint density at radius 3 is 2.84 bits per heavy atom. The zero-order valence-corrected chi connectivity index (χ0v) is 11.2. The molecule has 2 heterocycles. The van der Waals surface area contributed by atoms with Crippen molar-refractivity contribution in [3.63, 3.8) is 0 Å². The Balaban J connectivity index is 2.25. The molecular weight excluding hydrogens is 276 g/mol. The van der Waals surface area contributed by atoms with Crippen LogP contribution in [0.4, 0.5) is 5.95 Å². The molecule has 0 amide bonds. The molecule has 0 aromatic carbocycles. The number of halogens is 1. The number of carboxylic acids is 1. The van der Waals surface area contributed by atoms with Crippen molar-refractivity contribution in [3.05, 3.63) is 5.28 Å². The standard InChI is InChI=1S/C10H13ClN4O4/c1-15(6-4-19-3-5(6)7(16)17)9-12-8(11)13-10(14-9)18-2/h5-6H,3-4H2,1-2H3,(H,16,17). The highest BCUT2D eigenvalue weighted by atomic mass is 35.5. The van der Waals surface area contributed by atoms with E-state index in [1.807, 2.05) is 0 Å². The van der Waals surface area contributed by atoms with Crippen LogP contribution in [-0.2, 0) is 9.53 Å². The van der Waals surface area contributed by atoms with E-state index in [-0.39, 0.29) is 29.9 Å². The molecule has 1 fully saturated rings. The first-order chi connectivity index (χ1) is 9.02. The number of carboxylic acid groups (broad SMARTS) is 1. The maximum absolute atomic E-state index is 11.1. The Kier molecular flexibility index (Phi) is 4.01. The first-order valence-corrected chi connectivity index (χ1v) is 5.89. The van der Waals surface area contributed by atoms with E-state index in [1.165, 1.54) is 7.11 Å². The molecule has 19 heavy (non-hydrogen) atoms. The molecule has 8 nitrogen and oxygen atoms in total. The predicted octanol–water partition coefficient (Wildman–Crippen LogP) is 0.0694. The number of carbonyl (C=O) groups is 1. The second-order valence-electron chi connectivity index (χ2n) is 4.05. The van der Waals surface area contributed by atoms with E-state index < -0.39 is 11.9 Å². The van der Waals surface area contributed by atoms with Gasteiger partial charge in [0.2, 0.25) is 11.2 Å². The number of nitrogens with zero attached hydrogens (tertiary/aromatic N) is 4. The molecule has 1 aliphatic heterocycles. The number of rotatable bonds is 4. The van der Waals surface area contributed by atoms with Gasteiger partial charge in [0.1, 0.15) is 5.92 Å². The van der Waals surface area contributed by atoms with Gasteiger partial charge in [-0.1, -0.05) is 0 Å². The Labute approximate surface area is 114 Å². The van der Waals surface area contributed by atoms with Crippen LogP contribution in [0.3, 0.4) is 0 Å². The van der Waals surface area contributed by atoms with Gasteiger partial charge >= 0.3 is 12.0 Å². The Bertz CT molecular complexity index is 487. The third-order valence-corrected chi connectivity index (χ3v) is 3.11. The van der Waals surface area contributed by atoms with Gasteiger partial charge in [-0.05, 0) is 11.6 Å². The van der Waals surface area contributed by atoms with Gasteiger partial charge in [0, 0.05) is 7.05 Å². The van der Waals surface area contributed by atoms with Gasteiger partial charge in [-0.25, -0.2) is 0 Å². The van der Waals surface area contributed by atoms with Crippen LogP contribution >= 0.6 is 11.6 Å². The average molecular weight is 289 g/mol. The second kappa shape index (κ2) is 5.54. The summed E-state index contributed by atoms with van der Waals surface area (Å²) in [6.07, 6.45) is 0. The van der Waals surface area contributed by atoms with Gasteiger partial charge in [0.05, 0.1) is 26.4 Å². The monoisotopic (exact) mass is 288 g/mol. The van der Waals surface area contributed by atoms with Crippen molar-refractivity contribution >= 4 is 23.5 Å². The van der Waals surface area contributed by atoms with Crippen molar-refractivity contribution in [2.45, 2.75) is 6.04 Å². The summed E-state index contributed by atoms with van der Waals surface area (Å²) in [6, 6.07) is -0.284. The zero-order valence-electron chi connectivity index (χ0n) is 10.4. The molecule has 1 aromatic heterocycles. The minimum absolute atomic E-state index is 0.0144. The van der Waals surface area contributed by atoms with Crippen LogP contribution in [-0.4, -0.2) is 59.4 Å². The number of hydrogen-bond donors (Lipinski definition) is 1. The van der Waals surface area contributed by atoms with Crippen molar-refractivity contribution in [1.29, 1.82) is 0 Å². The summed E-state index contributed by atoms with van der Waals surface area (Å²) in [7, 11) is 3.09. The summed E-state index contributed by atoms with van der Waals surface area (Å²) in [5.74, 6) is -1.30. The largest absolute Gasteiger partial charge is 0.481 e. The van der Waals surface area contributed by atoms with E-state index in [0.717, 1.165) is 0 Å². The van der Waals surface area contributed by atoms with Crippen LogP contribution in [0.15, 0.2) is 0 Å². The Morgan fingerprint density at radius 1 is 1.47 bits per heavy atom. The third kappa shape index (κ3) is 2.85. The molecule has 0 bridgehead atoms. The highest BCUT2D eigenvalue weighted by molar-refractivity contribution is 6.28. The molecule has 2 rings (SSSR count). The molecule has 9 heteroatoms. The van der Waals surface area contributed by atoms with Gasteiger partial charge in [0.15, 0.2) is 0 Å². The summed E-state index contributed by atoms with van der Waals surface area (Å²) in [4.78, 5) is 24.5. The van der Waals surface area contributed by atoms with Crippen LogP contribution in [0.5, 0.6) is 6.01 Å². The van der Waals surface area contributed by atoms with Crippen LogP contribution in [0, 0.1) is 5.92 Å². The lowest BCUT2D eigenvalue weighted by molar-refractivity contribution is -0.141. The lowest BCUT2D eigenvalue weighted by atomic mass is 10.0. The molecule has 2 unspecified atom stereocenters. The van der Waals surface area contributed by atoms with Gasteiger partial charge in [-0.3, -0.25) is 4.79 Å². The molecule has 2 atom stereocenters. The first kappa shape index (κ1) is 13.8. The fourth-order valence-corrected chi connectivity index (χ4v) is 2.03. The minimum atomic E-state index is -0.915. The molecule has 1 aliphatic rings.